The van der Waals surface area contributed by atoms with Crippen molar-refractivity contribution >= 4 is 12.2 Å². The van der Waals surface area contributed by atoms with Gasteiger partial charge in [-0.2, -0.15) is 10.2 Å². The fourth-order valence-corrected chi connectivity index (χ4v) is 1.37. The fourth-order valence-electron chi connectivity index (χ4n) is 1.37. The summed E-state index contributed by atoms with van der Waals surface area (Å²) in [7, 11) is 0. The number of hydrogen-bond donors (Lipinski definition) is 2. The lowest BCUT2D eigenvalue weighted by Crippen LogP contribution is -2.21. The van der Waals surface area contributed by atoms with Crippen LogP contribution in [0.1, 0.15) is 5.56 Å². The van der Waals surface area contributed by atoms with Crippen molar-refractivity contribution in [3.05, 3.63) is 48.3 Å². The molecule has 1 aromatic heterocycles. The number of para-hydroxylation sites is 1. The second kappa shape index (κ2) is 4.93. The first-order valence-electron chi connectivity index (χ1n) is 4.98. The van der Waals surface area contributed by atoms with E-state index >= 15 is 0 Å². The minimum absolute atomic E-state index is 0.0715. The van der Waals surface area contributed by atoms with Gasteiger partial charge >= 0.3 is 0 Å². The Morgan fingerprint density at radius 2 is 2.06 bits per heavy atom. The van der Waals surface area contributed by atoms with Crippen molar-refractivity contribution in [1.82, 2.24) is 9.78 Å². The third-order valence-corrected chi connectivity index (χ3v) is 2.06. The lowest BCUT2D eigenvalue weighted by atomic mass is 10.2. The van der Waals surface area contributed by atoms with Crippen LogP contribution in [0.4, 0.5) is 0 Å². The Balaban J connectivity index is 2.35. The van der Waals surface area contributed by atoms with E-state index in [1.807, 2.05) is 36.5 Å². The smallest absolute Gasteiger partial charge is 0.211 e. The summed E-state index contributed by atoms with van der Waals surface area (Å²) in [4.78, 5) is 0. The normalized spacial score (nSPS) is 10.6. The molecule has 0 fully saturated rings. The summed E-state index contributed by atoms with van der Waals surface area (Å²) in [6, 6.07) is 9.52. The molecule has 0 aliphatic carbocycles. The van der Waals surface area contributed by atoms with Crippen LogP contribution in [-0.4, -0.2) is 22.0 Å². The molecule has 2 rings (SSSR count). The molecule has 86 valence electrons. The summed E-state index contributed by atoms with van der Waals surface area (Å²) < 4.78 is 1.75. The quantitative estimate of drug-likeness (QED) is 0.454. The minimum Gasteiger partial charge on any atom is -0.369 e. The molecule has 0 spiro atoms. The zero-order valence-corrected chi connectivity index (χ0v) is 9.06. The Hall–Kier alpha value is -2.63. The summed E-state index contributed by atoms with van der Waals surface area (Å²) in [5.74, 6) is -0.0715. The first-order chi connectivity index (χ1) is 8.27. The van der Waals surface area contributed by atoms with Gasteiger partial charge in [0.25, 0.3) is 0 Å². The van der Waals surface area contributed by atoms with Crippen molar-refractivity contribution in [2.24, 2.45) is 21.7 Å². The molecule has 6 nitrogen and oxygen atoms in total. The molecule has 2 aromatic rings. The number of guanidine groups is 1. The van der Waals surface area contributed by atoms with Crippen molar-refractivity contribution in [3.8, 4) is 5.69 Å². The molecule has 0 radical (unpaired) electrons. The maximum atomic E-state index is 5.19. The summed E-state index contributed by atoms with van der Waals surface area (Å²) in [5, 5.41) is 11.5. The van der Waals surface area contributed by atoms with Crippen LogP contribution in [0.3, 0.4) is 0 Å². The zero-order valence-electron chi connectivity index (χ0n) is 9.06. The average Bonchev–Trinajstić information content (AvgIpc) is 2.82. The predicted molar refractivity (Wildman–Crippen MR) is 67.0 cm³/mol. The Labute approximate surface area is 98.3 Å². The van der Waals surface area contributed by atoms with E-state index in [0.29, 0.717) is 0 Å². The van der Waals surface area contributed by atoms with Crippen molar-refractivity contribution in [1.29, 1.82) is 0 Å². The second-order valence-electron chi connectivity index (χ2n) is 3.28. The molecule has 0 unspecified atom stereocenters. The van der Waals surface area contributed by atoms with Crippen LogP contribution >= 0.6 is 0 Å². The lowest BCUT2D eigenvalue weighted by molar-refractivity contribution is 0.879. The van der Waals surface area contributed by atoms with Gasteiger partial charge in [0.2, 0.25) is 5.96 Å². The van der Waals surface area contributed by atoms with E-state index in [1.54, 1.807) is 17.1 Å². The first-order valence-corrected chi connectivity index (χ1v) is 4.98. The van der Waals surface area contributed by atoms with Crippen LogP contribution < -0.4 is 11.5 Å². The molecule has 1 aromatic carbocycles. The van der Waals surface area contributed by atoms with E-state index in [4.69, 9.17) is 11.5 Å². The van der Waals surface area contributed by atoms with Gasteiger partial charge in [0, 0.05) is 18.0 Å². The molecule has 0 amide bonds. The van der Waals surface area contributed by atoms with E-state index in [1.165, 1.54) is 0 Å². The minimum atomic E-state index is -0.0715. The Morgan fingerprint density at radius 1 is 1.24 bits per heavy atom. The number of nitrogens with zero attached hydrogens (tertiary/aromatic N) is 4. The van der Waals surface area contributed by atoms with E-state index < -0.39 is 0 Å². The van der Waals surface area contributed by atoms with Crippen LogP contribution in [0.5, 0.6) is 0 Å². The van der Waals surface area contributed by atoms with Crippen molar-refractivity contribution in [2.75, 3.05) is 0 Å². The number of benzene rings is 1. The number of hydrogen-bond acceptors (Lipinski definition) is 3. The molecule has 4 N–H and O–H groups in total. The van der Waals surface area contributed by atoms with Crippen molar-refractivity contribution in [2.45, 2.75) is 0 Å². The Kier molecular flexibility index (Phi) is 3.15. The highest BCUT2D eigenvalue weighted by Gasteiger charge is 2.00. The maximum absolute atomic E-state index is 5.19. The Bertz CT molecular complexity index is 537. The lowest BCUT2D eigenvalue weighted by Gasteiger charge is -2.04. The summed E-state index contributed by atoms with van der Waals surface area (Å²) in [6.07, 6.45) is 5.15. The van der Waals surface area contributed by atoms with Gasteiger partial charge < -0.3 is 11.5 Å². The topological polar surface area (TPSA) is 94.6 Å². The van der Waals surface area contributed by atoms with Crippen LogP contribution in [0.2, 0.25) is 0 Å². The van der Waals surface area contributed by atoms with E-state index in [2.05, 4.69) is 15.3 Å². The third kappa shape index (κ3) is 2.69. The van der Waals surface area contributed by atoms with Gasteiger partial charge in [-0.25, -0.2) is 4.68 Å². The van der Waals surface area contributed by atoms with Gasteiger partial charge in [-0.3, -0.25) is 0 Å². The molecule has 0 bridgehead atoms. The third-order valence-electron chi connectivity index (χ3n) is 2.06. The van der Waals surface area contributed by atoms with Gasteiger partial charge in [0.05, 0.1) is 11.9 Å². The highest BCUT2D eigenvalue weighted by atomic mass is 15.3. The summed E-state index contributed by atoms with van der Waals surface area (Å²) in [6.45, 7) is 0. The second-order valence-corrected chi connectivity index (χ2v) is 3.28. The largest absolute Gasteiger partial charge is 0.369 e. The van der Waals surface area contributed by atoms with Gasteiger partial charge in [-0.1, -0.05) is 18.2 Å². The van der Waals surface area contributed by atoms with Crippen LogP contribution in [0.15, 0.2) is 52.9 Å². The molecule has 17 heavy (non-hydrogen) atoms. The molecule has 0 saturated heterocycles. The van der Waals surface area contributed by atoms with Crippen LogP contribution in [0, 0.1) is 0 Å². The molecule has 0 atom stereocenters. The SMILES string of the molecule is NC(N)=NN=Cc1ccccc1-n1cccn1. The van der Waals surface area contributed by atoms with Gasteiger partial charge in [-0.05, 0) is 12.1 Å². The van der Waals surface area contributed by atoms with Crippen molar-refractivity contribution in [3.63, 3.8) is 0 Å². The fraction of sp³-hybridized carbons (Fsp3) is 0. The molecule has 0 aliphatic heterocycles. The van der Waals surface area contributed by atoms with Crippen molar-refractivity contribution < 1.29 is 0 Å². The van der Waals surface area contributed by atoms with Gasteiger partial charge in [-0.15, -0.1) is 5.10 Å². The number of rotatable bonds is 3. The predicted octanol–water partition coefficient (Wildman–Crippen LogP) is 0.480. The molecular weight excluding hydrogens is 216 g/mol. The van der Waals surface area contributed by atoms with Crippen LogP contribution in [-0.2, 0) is 0 Å². The number of aromatic nitrogens is 2. The number of nitrogens with two attached hydrogens (primary N) is 2. The maximum Gasteiger partial charge on any atom is 0.211 e. The van der Waals surface area contributed by atoms with Gasteiger partial charge in [0.1, 0.15) is 0 Å². The molecule has 0 saturated carbocycles. The average molecular weight is 228 g/mol. The van der Waals surface area contributed by atoms with Crippen LogP contribution in [0.25, 0.3) is 5.69 Å². The van der Waals surface area contributed by atoms with E-state index in [-0.39, 0.29) is 5.96 Å². The van der Waals surface area contributed by atoms with E-state index in [9.17, 15) is 0 Å². The molecule has 0 aliphatic rings. The van der Waals surface area contributed by atoms with E-state index in [0.717, 1.165) is 11.3 Å². The highest BCUT2D eigenvalue weighted by Crippen LogP contribution is 2.11. The highest BCUT2D eigenvalue weighted by molar-refractivity contribution is 5.85. The molecular formula is C11H12N6. The molecule has 6 heteroatoms. The first kappa shape index (κ1) is 10.9. The zero-order chi connectivity index (χ0) is 12.1. The summed E-state index contributed by atoms with van der Waals surface area (Å²) >= 11 is 0. The monoisotopic (exact) mass is 228 g/mol. The Morgan fingerprint density at radius 3 is 2.76 bits per heavy atom. The summed E-state index contributed by atoms with van der Waals surface area (Å²) in [5.41, 5.74) is 12.2. The van der Waals surface area contributed by atoms with Gasteiger partial charge in [0.15, 0.2) is 0 Å². The standard InChI is InChI=1S/C11H12N6/c12-11(13)16-14-8-9-4-1-2-5-10(9)17-7-3-6-15-17/h1-8H,(H4,12,13,16). The molecule has 1 heterocycles.